The lowest BCUT2D eigenvalue weighted by Crippen LogP contribution is -2.30. The molecule has 8 nitrogen and oxygen atoms in total. The van der Waals surface area contributed by atoms with E-state index in [-0.39, 0.29) is 24.2 Å². The lowest BCUT2D eigenvalue weighted by molar-refractivity contribution is -0.384. The average molecular weight is 350 g/mol. The molecule has 0 aliphatic carbocycles. The van der Waals surface area contributed by atoms with Crippen molar-refractivity contribution < 1.29 is 24.0 Å². The van der Waals surface area contributed by atoms with Crippen LogP contribution in [0.1, 0.15) is 31.7 Å². The van der Waals surface area contributed by atoms with Crippen LogP contribution in [0.3, 0.4) is 0 Å². The summed E-state index contributed by atoms with van der Waals surface area (Å²) in [4.78, 5) is 35.6. The Morgan fingerprint density at radius 1 is 1.28 bits per heavy atom. The Bertz CT molecular complexity index is 616. The number of benzene rings is 1. The summed E-state index contributed by atoms with van der Waals surface area (Å²) in [5.41, 5.74) is 0.646. The number of ether oxygens (including phenoxy) is 2. The molecule has 1 fully saturated rings. The zero-order valence-corrected chi connectivity index (χ0v) is 14.2. The van der Waals surface area contributed by atoms with Gasteiger partial charge in [-0.3, -0.25) is 14.9 Å². The number of rotatable bonds is 7. The Morgan fingerprint density at radius 2 is 2.00 bits per heavy atom. The second-order valence-corrected chi connectivity index (χ2v) is 5.93. The number of likely N-dealkylation sites (tertiary alicyclic amines) is 1. The highest BCUT2D eigenvalue weighted by molar-refractivity contribution is 5.75. The molecule has 136 valence electrons. The number of unbranched alkanes of at least 4 members (excludes halogenated alkanes) is 1. The van der Waals surface area contributed by atoms with Crippen molar-refractivity contribution in [3.05, 3.63) is 39.9 Å². The molecule has 1 aliphatic heterocycles. The van der Waals surface area contributed by atoms with Gasteiger partial charge in [-0.05, 0) is 30.5 Å². The lowest BCUT2D eigenvalue weighted by Gasteiger charge is -2.16. The summed E-state index contributed by atoms with van der Waals surface area (Å²) in [6.07, 6.45) is 1.86. The number of hydrogen-bond donors (Lipinski definition) is 0. The van der Waals surface area contributed by atoms with Gasteiger partial charge in [-0.15, -0.1) is 0 Å². The summed E-state index contributed by atoms with van der Waals surface area (Å²) in [5.74, 6) is -0.567. The Balaban J connectivity index is 1.76. The van der Waals surface area contributed by atoms with E-state index in [1.165, 1.54) is 17.0 Å². The molecule has 0 bridgehead atoms. The molecule has 1 aromatic carbocycles. The highest BCUT2D eigenvalue weighted by Gasteiger charge is 2.32. The van der Waals surface area contributed by atoms with Gasteiger partial charge in [0.2, 0.25) is 0 Å². The molecule has 0 aromatic heterocycles. The molecule has 1 heterocycles. The Hall–Kier alpha value is -2.64. The predicted octanol–water partition coefficient (Wildman–Crippen LogP) is 2.90. The quantitative estimate of drug-likeness (QED) is 0.324. The van der Waals surface area contributed by atoms with E-state index < -0.39 is 11.0 Å². The Labute approximate surface area is 145 Å². The van der Waals surface area contributed by atoms with Gasteiger partial charge in [0.1, 0.15) is 6.61 Å². The third-order valence-electron chi connectivity index (χ3n) is 4.03. The Morgan fingerprint density at radius 3 is 2.64 bits per heavy atom. The second-order valence-electron chi connectivity index (χ2n) is 5.93. The average Bonchev–Trinajstić information content (AvgIpc) is 3.10. The van der Waals surface area contributed by atoms with Gasteiger partial charge in [-0.25, -0.2) is 4.79 Å². The van der Waals surface area contributed by atoms with Crippen LogP contribution in [0.15, 0.2) is 24.3 Å². The zero-order chi connectivity index (χ0) is 18.2. The van der Waals surface area contributed by atoms with Crippen LogP contribution in [0.25, 0.3) is 0 Å². The number of nitro groups is 1. The van der Waals surface area contributed by atoms with E-state index in [0.29, 0.717) is 31.7 Å². The fraction of sp³-hybridized carbons (Fsp3) is 0.529. The van der Waals surface area contributed by atoms with E-state index in [0.717, 1.165) is 12.8 Å². The summed E-state index contributed by atoms with van der Waals surface area (Å²) >= 11 is 0. The van der Waals surface area contributed by atoms with Crippen molar-refractivity contribution in [2.45, 2.75) is 32.8 Å². The summed E-state index contributed by atoms with van der Waals surface area (Å²) in [7, 11) is 0. The van der Waals surface area contributed by atoms with Crippen LogP contribution in [-0.2, 0) is 20.9 Å². The molecule has 1 saturated heterocycles. The first kappa shape index (κ1) is 18.7. The van der Waals surface area contributed by atoms with E-state index in [2.05, 4.69) is 0 Å². The maximum atomic E-state index is 12.1. The minimum absolute atomic E-state index is 0.0148. The van der Waals surface area contributed by atoms with Gasteiger partial charge in [-0.2, -0.15) is 0 Å². The van der Waals surface area contributed by atoms with E-state index in [1.807, 2.05) is 6.92 Å². The Kier molecular flexibility index (Phi) is 6.73. The number of carbonyl (C=O) groups excluding carboxylic acids is 2. The third-order valence-corrected chi connectivity index (χ3v) is 4.03. The summed E-state index contributed by atoms with van der Waals surface area (Å²) in [6.45, 7) is 3.21. The van der Waals surface area contributed by atoms with E-state index in [4.69, 9.17) is 9.47 Å². The SMILES string of the molecule is CCCCOC(=O)C1CCN(C(=O)OCc2ccc([N+](=O)[O-])cc2)C1. The first-order chi connectivity index (χ1) is 12.0. The van der Waals surface area contributed by atoms with Crippen molar-refractivity contribution in [1.29, 1.82) is 0 Å². The maximum Gasteiger partial charge on any atom is 0.410 e. The topological polar surface area (TPSA) is 99.0 Å². The van der Waals surface area contributed by atoms with Gasteiger partial charge in [-0.1, -0.05) is 13.3 Å². The standard InChI is InChI=1S/C17H22N2O6/c1-2-3-10-24-16(20)14-8-9-18(11-14)17(21)25-12-13-4-6-15(7-5-13)19(22)23/h4-7,14H,2-3,8-12H2,1H3. The number of amides is 1. The predicted molar refractivity (Wildman–Crippen MR) is 88.8 cm³/mol. The fourth-order valence-electron chi connectivity index (χ4n) is 2.50. The van der Waals surface area contributed by atoms with Crippen molar-refractivity contribution in [2.75, 3.05) is 19.7 Å². The first-order valence-corrected chi connectivity index (χ1v) is 8.33. The number of hydrogen-bond acceptors (Lipinski definition) is 6. The molecular formula is C17H22N2O6. The molecule has 1 atom stereocenters. The highest BCUT2D eigenvalue weighted by Crippen LogP contribution is 2.19. The van der Waals surface area contributed by atoms with E-state index >= 15 is 0 Å². The molecule has 25 heavy (non-hydrogen) atoms. The largest absolute Gasteiger partial charge is 0.465 e. The highest BCUT2D eigenvalue weighted by atomic mass is 16.6. The van der Waals surface area contributed by atoms with Gasteiger partial charge in [0.25, 0.3) is 5.69 Å². The molecule has 2 rings (SSSR count). The summed E-state index contributed by atoms with van der Waals surface area (Å²) in [5, 5.41) is 10.6. The molecule has 0 N–H and O–H groups in total. The van der Waals surface area contributed by atoms with Crippen LogP contribution in [-0.4, -0.2) is 41.6 Å². The maximum absolute atomic E-state index is 12.1. The molecule has 0 spiro atoms. The number of nitro benzene ring substituents is 1. The third kappa shape index (κ3) is 5.44. The monoisotopic (exact) mass is 350 g/mol. The van der Waals surface area contributed by atoms with Gasteiger partial charge >= 0.3 is 12.1 Å². The smallest absolute Gasteiger partial charge is 0.410 e. The molecule has 0 saturated carbocycles. The number of non-ortho nitro benzene ring substituents is 1. The van der Waals surface area contributed by atoms with Crippen molar-refractivity contribution in [2.24, 2.45) is 5.92 Å². The van der Waals surface area contributed by atoms with Crippen molar-refractivity contribution >= 4 is 17.7 Å². The lowest BCUT2D eigenvalue weighted by atomic mass is 10.1. The van der Waals surface area contributed by atoms with Gasteiger partial charge in [0.15, 0.2) is 0 Å². The van der Waals surface area contributed by atoms with Crippen LogP contribution in [0, 0.1) is 16.0 Å². The van der Waals surface area contributed by atoms with Crippen molar-refractivity contribution in [1.82, 2.24) is 4.90 Å². The van der Waals surface area contributed by atoms with Gasteiger partial charge < -0.3 is 14.4 Å². The molecule has 1 unspecified atom stereocenters. The van der Waals surface area contributed by atoms with Gasteiger partial charge in [0, 0.05) is 25.2 Å². The minimum atomic E-state index is -0.498. The van der Waals surface area contributed by atoms with E-state index in [9.17, 15) is 19.7 Å². The fourth-order valence-corrected chi connectivity index (χ4v) is 2.50. The number of carbonyl (C=O) groups is 2. The molecule has 1 amide bonds. The normalized spacial score (nSPS) is 16.5. The minimum Gasteiger partial charge on any atom is -0.465 e. The second kappa shape index (κ2) is 9.00. The van der Waals surface area contributed by atoms with Crippen LogP contribution in [0.5, 0.6) is 0 Å². The first-order valence-electron chi connectivity index (χ1n) is 8.33. The summed E-state index contributed by atoms with van der Waals surface area (Å²) < 4.78 is 10.4. The van der Waals surface area contributed by atoms with Crippen molar-refractivity contribution in [3.63, 3.8) is 0 Å². The molecular weight excluding hydrogens is 328 g/mol. The van der Waals surface area contributed by atoms with Crippen LogP contribution in [0.2, 0.25) is 0 Å². The number of nitrogens with zero attached hydrogens (tertiary/aromatic N) is 2. The van der Waals surface area contributed by atoms with Crippen LogP contribution < -0.4 is 0 Å². The molecule has 1 aromatic rings. The van der Waals surface area contributed by atoms with Crippen molar-refractivity contribution in [3.8, 4) is 0 Å². The molecule has 8 heteroatoms. The molecule has 0 radical (unpaired) electrons. The molecule has 1 aliphatic rings. The van der Waals surface area contributed by atoms with Crippen LogP contribution >= 0.6 is 0 Å². The number of esters is 1. The summed E-state index contributed by atoms with van der Waals surface area (Å²) in [6, 6.07) is 5.81. The van der Waals surface area contributed by atoms with Crippen LogP contribution in [0.4, 0.5) is 10.5 Å². The van der Waals surface area contributed by atoms with E-state index in [1.54, 1.807) is 12.1 Å². The zero-order valence-electron chi connectivity index (χ0n) is 14.2. The van der Waals surface area contributed by atoms with Gasteiger partial charge in [0.05, 0.1) is 17.4 Å².